The number of hydrogen-bond donors (Lipinski definition) is 1. The molecule has 0 amide bonds. The quantitative estimate of drug-likeness (QED) is 0.768. The molecule has 1 fully saturated rings. The third-order valence-electron chi connectivity index (χ3n) is 2.51. The molecule has 17 heavy (non-hydrogen) atoms. The van der Waals surface area contributed by atoms with Crippen LogP contribution in [0.2, 0.25) is 0 Å². The van der Waals surface area contributed by atoms with Gasteiger partial charge in [-0.1, -0.05) is 13.8 Å². The number of carbonyl (C=O) groups is 1. The first-order valence-corrected chi connectivity index (χ1v) is 6.38. The molecule has 1 aliphatic rings. The Kier molecular flexibility index (Phi) is 4.55. The molecule has 0 saturated carbocycles. The van der Waals surface area contributed by atoms with Crippen LogP contribution in [0.25, 0.3) is 0 Å². The lowest BCUT2D eigenvalue weighted by atomic mass is 10.1. The third kappa shape index (κ3) is 4.28. The van der Waals surface area contributed by atoms with Gasteiger partial charge in [-0.25, -0.2) is 4.79 Å². The molecule has 1 heterocycles. The van der Waals surface area contributed by atoms with Gasteiger partial charge in [0.1, 0.15) is 5.60 Å². The van der Waals surface area contributed by atoms with Crippen LogP contribution in [-0.2, 0) is 14.3 Å². The second kappa shape index (κ2) is 5.36. The molecule has 1 atom stereocenters. The van der Waals surface area contributed by atoms with Crippen molar-refractivity contribution >= 4 is 5.97 Å². The molecule has 0 aromatic rings. The minimum atomic E-state index is -0.919. The van der Waals surface area contributed by atoms with E-state index < -0.39 is 11.3 Å². The van der Waals surface area contributed by atoms with Gasteiger partial charge in [0.05, 0.1) is 6.61 Å². The first-order chi connectivity index (χ1) is 7.75. The van der Waals surface area contributed by atoms with Crippen LogP contribution in [0.15, 0.2) is 0 Å². The minimum absolute atomic E-state index is 0.289. The van der Waals surface area contributed by atoms with E-state index in [0.717, 1.165) is 13.0 Å². The highest BCUT2D eigenvalue weighted by molar-refractivity contribution is 5.79. The maximum absolute atomic E-state index is 12.2. The molecule has 100 valence electrons. The van der Waals surface area contributed by atoms with Crippen molar-refractivity contribution in [2.24, 2.45) is 5.92 Å². The number of nitrogens with one attached hydrogen (secondary N) is 1. The summed E-state index contributed by atoms with van der Waals surface area (Å²) < 4.78 is 11.2. The Labute approximate surface area is 104 Å². The fraction of sp³-hybridized carbons (Fsp3) is 0.923. The van der Waals surface area contributed by atoms with Gasteiger partial charge in [0.15, 0.2) is 0 Å². The van der Waals surface area contributed by atoms with Crippen LogP contribution in [0, 0.1) is 5.92 Å². The Morgan fingerprint density at radius 1 is 1.41 bits per heavy atom. The Morgan fingerprint density at radius 2 is 2.06 bits per heavy atom. The van der Waals surface area contributed by atoms with E-state index in [1.807, 2.05) is 20.8 Å². The second-order valence-corrected chi connectivity index (χ2v) is 6.06. The van der Waals surface area contributed by atoms with Gasteiger partial charge >= 0.3 is 5.97 Å². The zero-order valence-electron chi connectivity index (χ0n) is 11.6. The number of rotatable bonds is 4. The molecule has 4 heteroatoms. The molecular formula is C13H25NO3. The normalized spacial score (nSPS) is 25.3. The number of esters is 1. The van der Waals surface area contributed by atoms with Gasteiger partial charge < -0.3 is 9.47 Å². The number of ether oxygens (including phenoxy) is 2. The highest BCUT2D eigenvalue weighted by atomic mass is 16.6. The van der Waals surface area contributed by atoms with Crippen molar-refractivity contribution in [1.82, 2.24) is 5.32 Å². The van der Waals surface area contributed by atoms with E-state index in [-0.39, 0.29) is 5.97 Å². The van der Waals surface area contributed by atoms with Gasteiger partial charge in [0.2, 0.25) is 5.72 Å². The molecule has 0 spiro atoms. The molecule has 0 aliphatic carbocycles. The Balaban J connectivity index is 2.67. The summed E-state index contributed by atoms with van der Waals surface area (Å²) in [5.41, 5.74) is -1.40. The summed E-state index contributed by atoms with van der Waals surface area (Å²) in [6.45, 7) is 11.1. The molecule has 1 saturated heterocycles. The van der Waals surface area contributed by atoms with Gasteiger partial charge in [0.25, 0.3) is 0 Å². The standard InChI is InChI=1S/C13H25NO3/c1-10(2)9-16-13(7-6-8-14-13)11(15)17-12(3,4)5/h10,14H,6-9H2,1-5H3. The second-order valence-electron chi connectivity index (χ2n) is 6.06. The predicted octanol–water partition coefficient (Wildman–Crippen LogP) is 2.08. The molecule has 1 N–H and O–H groups in total. The van der Waals surface area contributed by atoms with Gasteiger partial charge in [-0.15, -0.1) is 0 Å². The lowest BCUT2D eigenvalue weighted by Crippen LogP contribution is -2.53. The molecule has 1 aliphatic heterocycles. The summed E-state index contributed by atoms with van der Waals surface area (Å²) in [5.74, 6) is 0.111. The van der Waals surface area contributed by atoms with Gasteiger partial charge in [-0.2, -0.15) is 0 Å². The van der Waals surface area contributed by atoms with E-state index in [1.54, 1.807) is 0 Å². The van der Waals surface area contributed by atoms with Crippen LogP contribution in [0.5, 0.6) is 0 Å². The van der Waals surface area contributed by atoms with E-state index in [0.29, 0.717) is 18.9 Å². The van der Waals surface area contributed by atoms with Crippen molar-refractivity contribution in [3.63, 3.8) is 0 Å². The summed E-state index contributed by atoms with van der Waals surface area (Å²) in [7, 11) is 0. The molecule has 0 aromatic carbocycles. The summed E-state index contributed by atoms with van der Waals surface area (Å²) in [5, 5.41) is 3.15. The number of carbonyl (C=O) groups excluding carboxylic acids is 1. The highest BCUT2D eigenvalue weighted by Crippen LogP contribution is 2.25. The monoisotopic (exact) mass is 243 g/mol. The third-order valence-corrected chi connectivity index (χ3v) is 2.51. The first kappa shape index (κ1) is 14.5. The molecule has 0 bridgehead atoms. The van der Waals surface area contributed by atoms with Gasteiger partial charge in [-0.05, 0) is 39.7 Å². The lowest BCUT2D eigenvalue weighted by molar-refractivity contribution is -0.188. The van der Waals surface area contributed by atoms with Crippen molar-refractivity contribution in [2.45, 2.75) is 58.8 Å². The topological polar surface area (TPSA) is 47.6 Å². The van der Waals surface area contributed by atoms with Crippen LogP contribution < -0.4 is 5.32 Å². The maximum atomic E-state index is 12.2. The van der Waals surface area contributed by atoms with Crippen LogP contribution in [0.3, 0.4) is 0 Å². The average molecular weight is 243 g/mol. The fourth-order valence-corrected chi connectivity index (χ4v) is 1.74. The first-order valence-electron chi connectivity index (χ1n) is 6.38. The molecule has 0 aromatic heterocycles. The Morgan fingerprint density at radius 3 is 2.47 bits per heavy atom. The van der Waals surface area contributed by atoms with Gasteiger partial charge in [0, 0.05) is 6.42 Å². The molecular weight excluding hydrogens is 218 g/mol. The van der Waals surface area contributed by atoms with Crippen molar-refractivity contribution in [3.8, 4) is 0 Å². The Bertz CT molecular complexity index is 262. The SMILES string of the molecule is CC(C)COC1(C(=O)OC(C)(C)C)CCCN1. The minimum Gasteiger partial charge on any atom is -0.457 e. The Hall–Kier alpha value is -0.610. The van der Waals surface area contributed by atoms with Crippen LogP contribution >= 0.6 is 0 Å². The largest absolute Gasteiger partial charge is 0.457 e. The maximum Gasteiger partial charge on any atom is 0.354 e. The van der Waals surface area contributed by atoms with Crippen molar-refractivity contribution < 1.29 is 14.3 Å². The van der Waals surface area contributed by atoms with Gasteiger partial charge in [-0.3, -0.25) is 5.32 Å². The van der Waals surface area contributed by atoms with E-state index in [9.17, 15) is 4.79 Å². The van der Waals surface area contributed by atoms with Crippen LogP contribution in [-0.4, -0.2) is 30.4 Å². The lowest BCUT2D eigenvalue weighted by Gasteiger charge is -2.31. The highest BCUT2D eigenvalue weighted by Gasteiger charge is 2.45. The molecule has 1 rings (SSSR count). The summed E-state index contributed by atoms with van der Waals surface area (Å²) in [6, 6.07) is 0. The van der Waals surface area contributed by atoms with Crippen molar-refractivity contribution in [2.75, 3.05) is 13.2 Å². The molecule has 0 radical (unpaired) electrons. The van der Waals surface area contributed by atoms with E-state index in [1.165, 1.54) is 0 Å². The van der Waals surface area contributed by atoms with E-state index >= 15 is 0 Å². The summed E-state index contributed by atoms with van der Waals surface area (Å²) in [6.07, 6.45) is 1.63. The number of hydrogen-bond acceptors (Lipinski definition) is 4. The average Bonchev–Trinajstić information content (AvgIpc) is 2.61. The summed E-state index contributed by atoms with van der Waals surface area (Å²) >= 11 is 0. The molecule has 1 unspecified atom stereocenters. The van der Waals surface area contributed by atoms with Crippen LogP contribution in [0.4, 0.5) is 0 Å². The zero-order chi connectivity index (χ0) is 13.1. The predicted molar refractivity (Wildman–Crippen MR) is 66.6 cm³/mol. The smallest absolute Gasteiger partial charge is 0.354 e. The van der Waals surface area contributed by atoms with Crippen LogP contribution in [0.1, 0.15) is 47.5 Å². The van der Waals surface area contributed by atoms with Crippen molar-refractivity contribution in [1.29, 1.82) is 0 Å². The van der Waals surface area contributed by atoms with Crippen molar-refractivity contribution in [3.05, 3.63) is 0 Å². The van der Waals surface area contributed by atoms with E-state index in [4.69, 9.17) is 9.47 Å². The summed E-state index contributed by atoms with van der Waals surface area (Å²) in [4.78, 5) is 12.2. The zero-order valence-corrected chi connectivity index (χ0v) is 11.6. The molecule has 4 nitrogen and oxygen atoms in total. The fourth-order valence-electron chi connectivity index (χ4n) is 1.74. The van der Waals surface area contributed by atoms with E-state index in [2.05, 4.69) is 19.2 Å².